The molecule has 4 heteroatoms. The number of methoxy groups -OCH3 is 1. The monoisotopic (exact) mass is 264 g/mol. The summed E-state index contributed by atoms with van der Waals surface area (Å²) in [6.45, 7) is 0. The molecule has 0 heterocycles. The first-order valence-electron chi connectivity index (χ1n) is 6.22. The van der Waals surface area contributed by atoms with E-state index in [1.165, 1.54) is 0 Å². The van der Waals surface area contributed by atoms with Crippen molar-refractivity contribution in [2.24, 2.45) is 5.92 Å². The Kier molecular flexibility index (Phi) is 4.33. The lowest BCUT2D eigenvalue weighted by atomic mass is 9.87. The molecule has 0 unspecified atom stereocenters. The fourth-order valence-corrected chi connectivity index (χ4v) is 2.55. The van der Waals surface area contributed by atoms with Crippen molar-refractivity contribution < 1.29 is 4.74 Å². The Hall–Kier alpha value is -1.40. The predicted octanol–water partition coefficient (Wildman–Crippen LogP) is 3.84. The van der Waals surface area contributed by atoms with E-state index in [2.05, 4.69) is 11.4 Å². The fraction of sp³-hybridized carbons (Fsp3) is 0.500. The van der Waals surface area contributed by atoms with Gasteiger partial charge in [-0.3, -0.25) is 0 Å². The first-order valence-corrected chi connectivity index (χ1v) is 6.60. The Morgan fingerprint density at radius 2 is 2.06 bits per heavy atom. The zero-order valence-corrected chi connectivity index (χ0v) is 11.2. The molecule has 0 bridgehead atoms. The van der Waals surface area contributed by atoms with Crippen molar-refractivity contribution in [3.63, 3.8) is 0 Å². The van der Waals surface area contributed by atoms with Crippen LogP contribution in [0.2, 0.25) is 5.02 Å². The van der Waals surface area contributed by atoms with Gasteiger partial charge in [0.15, 0.2) is 0 Å². The molecule has 0 atom stereocenters. The van der Waals surface area contributed by atoms with E-state index in [4.69, 9.17) is 21.6 Å². The molecule has 96 valence electrons. The van der Waals surface area contributed by atoms with E-state index in [1.807, 2.05) is 18.2 Å². The van der Waals surface area contributed by atoms with Crippen LogP contribution in [0.25, 0.3) is 0 Å². The largest absolute Gasteiger partial charge is 0.495 e. The van der Waals surface area contributed by atoms with Crippen molar-refractivity contribution in [1.29, 1.82) is 5.26 Å². The number of ether oxygens (including phenoxy) is 1. The van der Waals surface area contributed by atoms with Crippen LogP contribution in [0.15, 0.2) is 18.2 Å². The summed E-state index contributed by atoms with van der Waals surface area (Å²) in [5.74, 6) is 1.03. The van der Waals surface area contributed by atoms with Crippen molar-refractivity contribution in [2.45, 2.75) is 31.7 Å². The van der Waals surface area contributed by atoms with E-state index < -0.39 is 0 Å². The molecule has 0 spiro atoms. The van der Waals surface area contributed by atoms with E-state index >= 15 is 0 Å². The molecule has 18 heavy (non-hydrogen) atoms. The predicted molar refractivity (Wildman–Crippen MR) is 73.0 cm³/mol. The van der Waals surface area contributed by atoms with Crippen LogP contribution in [0.1, 0.15) is 25.7 Å². The van der Waals surface area contributed by atoms with E-state index in [0.29, 0.717) is 11.1 Å². The van der Waals surface area contributed by atoms with Crippen molar-refractivity contribution >= 4 is 17.3 Å². The van der Waals surface area contributed by atoms with Crippen LogP contribution in [-0.2, 0) is 0 Å². The number of hydrogen-bond donors (Lipinski definition) is 1. The maximum Gasteiger partial charge on any atom is 0.142 e. The SMILES string of the molecule is COc1ccc(Cl)cc1NC1CCC(C#N)CC1. The number of halogens is 1. The number of anilines is 1. The molecule has 2 rings (SSSR count). The van der Waals surface area contributed by atoms with Gasteiger partial charge in [-0.05, 0) is 43.9 Å². The van der Waals surface area contributed by atoms with E-state index in [9.17, 15) is 0 Å². The van der Waals surface area contributed by atoms with Crippen LogP contribution in [0.5, 0.6) is 5.75 Å². The fourth-order valence-electron chi connectivity index (χ4n) is 2.38. The first kappa shape index (κ1) is 13.0. The van der Waals surface area contributed by atoms with Gasteiger partial charge in [0.1, 0.15) is 5.75 Å². The van der Waals surface area contributed by atoms with Gasteiger partial charge in [-0.1, -0.05) is 11.6 Å². The number of benzene rings is 1. The second-order valence-electron chi connectivity index (χ2n) is 4.67. The minimum atomic E-state index is 0.226. The van der Waals surface area contributed by atoms with E-state index in [1.54, 1.807) is 7.11 Å². The third-order valence-corrected chi connectivity index (χ3v) is 3.67. The molecule has 0 radical (unpaired) electrons. The average Bonchev–Trinajstić information content (AvgIpc) is 2.40. The Morgan fingerprint density at radius 1 is 1.33 bits per heavy atom. The molecule has 1 aliphatic rings. The summed E-state index contributed by atoms with van der Waals surface area (Å²) < 4.78 is 5.31. The molecule has 1 aromatic carbocycles. The van der Waals surface area contributed by atoms with E-state index in [0.717, 1.165) is 37.1 Å². The van der Waals surface area contributed by atoms with Gasteiger partial charge in [-0.2, -0.15) is 5.26 Å². The Morgan fingerprint density at radius 3 is 2.67 bits per heavy atom. The quantitative estimate of drug-likeness (QED) is 0.902. The van der Waals surface area contributed by atoms with Gasteiger partial charge >= 0.3 is 0 Å². The summed E-state index contributed by atoms with van der Waals surface area (Å²) in [5.41, 5.74) is 0.936. The third-order valence-electron chi connectivity index (χ3n) is 3.43. The van der Waals surface area contributed by atoms with Crippen LogP contribution in [0, 0.1) is 17.2 Å². The number of nitriles is 1. The standard InChI is InChI=1S/C14H17ClN2O/c1-18-14-7-4-11(15)8-13(14)17-12-5-2-10(9-16)3-6-12/h4,7-8,10,12,17H,2-3,5-6H2,1H3. The lowest BCUT2D eigenvalue weighted by Gasteiger charge is -2.27. The number of hydrogen-bond acceptors (Lipinski definition) is 3. The van der Waals surface area contributed by atoms with Crippen molar-refractivity contribution in [2.75, 3.05) is 12.4 Å². The number of nitrogens with zero attached hydrogens (tertiary/aromatic N) is 1. The molecule has 0 saturated heterocycles. The molecule has 0 amide bonds. The van der Waals surface area contributed by atoms with Crippen LogP contribution in [0.3, 0.4) is 0 Å². The second kappa shape index (κ2) is 5.97. The molecule has 1 N–H and O–H groups in total. The van der Waals surface area contributed by atoms with Crippen molar-refractivity contribution in [3.05, 3.63) is 23.2 Å². The lowest BCUT2D eigenvalue weighted by Crippen LogP contribution is -2.25. The maximum atomic E-state index is 8.88. The van der Waals surface area contributed by atoms with Gasteiger partial charge in [-0.15, -0.1) is 0 Å². The Balaban J connectivity index is 2.02. The maximum absolute atomic E-state index is 8.88. The third kappa shape index (κ3) is 3.08. The van der Waals surface area contributed by atoms with Gasteiger partial charge in [0.2, 0.25) is 0 Å². The molecular formula is C14H17ClN2O. The zero-order valence-electron chi connectivity index (χ0n) is 10.4. The highest BCUT2D eigenvalue weighted by Gasteiger charge is 2.21. The molecule has 1 fully saturated rings. The second-order valence-corrected chi connectivity index (χ2v) is 5.10. The molecule has 1 aliphatic carbocycles. The van der Waals surface area contributed by atoms with Gasteiger partial charge < -0.3 is 10.1 Å². The minimum Gasteiger partial charge on any atom is -0.495 e. The van der Waals surface area contributed by atoms with E-state index in [-0.39, 0.29) is 5.92 Å². The first-order chi connectivity index (χ1) is 8.72. The highest BCUT2D eigenvalue weighted by Crippen LogP contribution is 2.32. The number of nitrogens with one attached hydrogen (secondary N) is 1. The highest BCUT2D eigenvalue weighted by molar-refractivity contribution is 6.30. The van der Waals surface area contributed by atoms with Gasteiger partial charge in [0, 0.05) is 17.0 Å². The van der Waals surface area contributed by atoms with Gasteiger partial charge in [0.25, 0.3) is 0 Å². The summed E-state index contributed by atoms with van der Waals surface area (Å²) in [7, 11) is 1.65. The van der Waals surface area contributed by atoms with Gasteiger partial charge in [-0.25, -0.2) is 0 Å². The molecule has 0 aromatic heterocycles. The average molecular weight is 265 g/mol. The summed E-state index contributed by atoms with van der Waals surface area (Å²) in [4.78, 5) is 0. The summed E-state index contributed by atoms with van der Waals surface area (Å²) in [6.07, 6.45) is 3.98. The minimum absolute atomic E-state index is 0.226. The van der Waals surface area contributed by atoms with Gasteiger partial charge in [0.05, 0.1) is 18.9 Å². The summed E-state index contributed by atoms with van der Waals surface area (Å²) in [6, 6.07) is 8.32. The topological polar surface area (TPSA) is 45.0 Å². The van der Waals surface area contributed by atoms with Crippen LogP contribution in [0.4, 0.5) is 5.69 Å². The smallest absolute Gasteiger partial charge is 0.142 e. The summed E-state index contributed by atoms with van der Waals surface area (Å²) >= 11 is 6.00. The Labute approximate surface area is 113 Å². The molecule has 0 aliphatic heterocycles. The zero-order chi connectivity index (χ0) is 13.0. The molecule has 1 aromatic rings. The van der Waals surface area contributed by atoms with Crippen molar-refractivity contribution in [1.82, 2.24) is 0 Å². The molecule has 3 nitrogen and oxygen atoms in total. The van der Waals surface area contributed by atoms with Crippen LogP contribution in [-0.4, -0.2) is 13.2 Å². The molecule has 1 saturated carbocycles. The normalized spacial score (nSPS) is 23.2. The van der Waals surface area contributed by atoms with Crippen molar-refractivity contribution in [3.8, 4) is 11.8 Å². The number of rotatable bonds is 3. The van der Waals surface area contributed by atoms with Crippen LogP contribution >= 0.6 is 11.6 Å². The summed E-state index contributed by atoms with van der Waals surface area (Å²) in [5, 5.41) is 13.0. The lowest BCUT2D eigenvalue weighted by molar-refractivity contribution is 0.392. The molecular weight excluding hydrogens is 248 g/mol. The van der Waals surface area contributed by atoms with Crippen LogP contribution < -0.4 is 10.1 Å². The Bertz CT molecular complexity index is 448. The highest BCUT2D eigenvalue weighted by atomic mass is 35.5.